The van der Waals surface area contributed by atoms with Gasteiger partial charge in [-0.15, -0.1) is 0 Å². The van der Waals surface area contributed by atoms with E-state index in [-0.39, 0.29) is 10.8 Å². The molecule has 0 saturated heterocycles. The molecule has 0 saturated carbocycles. The van der Waals surface area contributed by atoms with Gasteiger partial charge in [0.15, 0.2) is 17.1 Å². The first-order valence-corrected chi connectivity index (χ1v) is 7.72. The lowest BCUT2D eigenvalue weighted by Crippen LogP contribution is -1.92. The fraction of sp³-hybridized carbons (Fsp3) is 0.118. The Morgan fingerprint density at radius 3 is 2.83 bits per heavy atom. The zero-order valence-corrected chi connectivity index (χ0v) is 13.7. The van der Waals surface area contributed by atoms with E-state index in [0.717, 1.165) is 5.56 Å². The Bertz CT molecular complexity index is 887. The quantitative estimate of drug-likeness (QED) is 0.684. The number of aromatic hydroxyl groups is 1. The number of halogens is 2. The van der Waals surface area contributed by atoms with E-state index in [1.165, 1.54) is 0 Å². The molecule has 0 unspecified atom stereocenters. The third kappa shape index (κ3) is 3.44. The summed E-state index contributed by atoms with van der Waals surface area (Å²) in [5.41, 5.74) is 2.11. The number of oxazole rings is 1. The van der Waals surface area contributed by atoms with E-state index in [4.69, 9.17) is 32.4 Å². The average Bonchev–Trinajstić information content (AvgIpc) is 2.92. The van der Waals surface area contributed by atoms with Crippen LogP contribution in [0.4, 0.5) is 0 Å². The van der Waals surface area contributed by atoms with E-state index in [0.29, 0.717) is 34.4 Å². The fourth-order valence-corrected chi connectivity index (χ4v) is 2.50. The standard InChI is InChI=1S/C17H13Cl2NO3/c1-2-22-15-8-10(7-12(19)17(15)21)3-6-16-20-13-9-11(18)4-5-14(13)23-16/h3-9,21H,2H2,1H3/b6-3+. The molecule has 0 fully saturated rings. The van der Waals surface area contributed by atoms with Gasteiger partial charge in [-0.3, -0.25) is 0 Å². The lowest BCUT2D eigenvalue weighted by molar-refractivity contribution is 0.318. The zero-order chi connectivity index (χ0) is 16.4. The van der Waals surface area contributed by atoms with Crippen LogP contribution in [-0.4, -0.2) is 16.7 Å². The summed E-state index contributed by atoms with van der Waals surface area (Å²) in [4.78, 5) is 4.34. The molecule has 1 heterocycles. The Morgan fingerprint density at radius 2 is 2.04 bits per heavy atom. The molecule has 1 aromatic heterocycles. The van der Waals surface area contributed by atoms with E-state index in [1.807, 2.05) is 6.92 Å². The van der Waals surface area contributed by atoms with Crippen molar-refractivity contribution >= 4 is 46.5 Å². The van der Waals surface area contributed by atoms with Crippen LogP contribution in [0.1, 0.15) is 18.4 Å². The van der Waals surface area contributed by atoms with Gasteiger partial charge in [0, 0.05) is 11.1 Å². The van der Waals surface area contributed by atoms with E-state index in [2.05, 4.69) is 4.98 Å². The van der Waals surface area contributed by atoms with Gasteiger partial charge in [-0.05, 0) is 48.9 Å². The van der Waals surface area contributed by atoms with Crippen molar-refractivity contribution < 1.29 is 14.3 Å². The smallest absolute Gasteiger partial charge is 0.220 e. The Balaban J connectivity index is 1.91. The van der Waals surface area contributed by atoms with E-state index in [9.17, 15) is 5.11 Å². The Morgan fingerprint density at radius 1 is 1.22 bits per heavy atom. The molecule has 0 amide bonds. The van der Waals surface area contributed by atoms with E-state index in [1.54, 1.807) is 42.5 Å². The minimum absolute atomic E-state index is 0.0674. The maximum absolute atomic E-state index is 9.84. The molecule has 0 spiro atoms. The molecule has 0 bridgehead atoms. The summed E-state index contributed by atoms with van der Waals surface area (Å²) < 4.78 is 11.0. The topological polar surface area (TPSA) is 55.5 Å². The molecule has 3 rings (SSSR count). The summed E-state index contributed by atoms with van der Waals surface area (Å²) in [6.07, 6.45) is 3.49. The number of ether oxygens (including phenoxy) is 1. The predicted octanol–water partition coefficient (Wildman–Crippen LogP) is 5.41. The molecule has 23 heavy (non-hydrogen) atoms. The van der Waals surface area contributed by atoms with Crippen molar-refractivity contribution in [3.05, 3.63) is 51.8 Å². The van der Waals surface area contributed by atoms with Crippen molar-refractivity contribution in [2.24, 2.45) is 0 Å². The molecular weight excluding hydrogens is 337 g/mol. The molecule has 0 aliphatic heterocycles. The highest BCUT2D eigenvalue weighted by Gasteiger charge is 2.09. The molecule has 0 radical (unpaired) electrons. The summed E-state index contributed by atoms with van der Waals surface area (Å²) in [6, 6.07) is 8.59. The number of nitrogens with zero attached hydrogens (tertiary/aromatic N) is 1. The number of hydrogen-bond donors (Lipinski definition) is 1. The van der Waals surface area contributed by atoms with Crippen LogP contribution in [0.2, 0.25) is 10.0 Å². The molecule has 4 nitrogen and oxygen atoms in total. The summed E-state index contributed by atoms with van der Waals surface area (Å²) >= 11 is 11.9. The van der Waals surface area contributed by atoms with Crippen LogP contribution < -0.4 is 4.74 Å². The number of benzene rings is 2. The lowest BCUT2D eigenvalue weighted by atomic mass is 10.2. The Kier molecular flexibility index (Phi) is 4.46. The zero-order valence-electron chi connectivity index (χ0n) is 12.2. The summed E-state index contributed by atoms with van der Waals surface area (Å²) in [6.45, 7) is 2.27. The second kappa shape index (κ2) is 6.52. The maximum Gasteiger partial charge on any atom is 0.220 e. The molecule has 0 aliphatic rings. The van der Waals surface area contributed by atoms with Crippen LogP contribution in [0.15, 0.2) is 34.7 Å². The van der Waals surface area contributed by atoms with Crippen molar-refractivity contribution in [1.29, 1.82) is 0 Å². The van der Waals surface area contributed by atoms with Crippen molar-refractivity contribution in [3.8, 4) is 11.5 Å². The van der Waals surface area contributed by atoms with E-state index < -0.39 is 0 Å². The van der Waals surface area contributed by atoms with Crippen LogP contribution in [0.3, 0.4) is 0 Å². The maximum atomic E-state index is 9.84. The predicted molar refractivity (Wildman–Crippen MR) is 92.2 cm³/mol. The molecule has 3 aromatic rings. The summed E-state index contributed by atoms with van der Waals surface area (Å²) in [5.74, 6) is 0.718. The molecule has 0 atom stereocenters. The first-order valence-electron chi connectivity index (χ1n) is 6.96. The summed E-state index contributed by atoms with van der Waals surface area (Å²) in [7, 11) is 0. The number of phenolic OH excluding ortho intramolecular Hbond substituents is 1. The SMILES string of the molecule is CCOc1cc(/C=C/c2nc3cc(Cl)ccc3o2)cc(Cl)c1O. The highest BCUT2D eigenvalue weighted by Crippen LogP contribution is 2.35. The summed E-state index contributed by atoms with van der Waals surface area (Å²) in [5, 5.41) is 10.7. The number of rotatable bonds is 4. The van der Waals surface area contributed by atoms with Crippen molar-refractivity contribution in [2.45, 2.75) is 6.92 Å². The average molecular weight is 350 g/mol. The molecule has 118 valence electrons. The second-order valence-electron chi connectivity index (χ2n) is 4.78. The molecular formula is C17H13Cl2NO3. The van der Waals surface area contributed by atoms with Gasteiger partial charge in [0.25, 0.3) is 0 Å². The van der Waals surface area contributed by atoms with E-state index >= 15 is 0 Å². The van der Waals surface area contributed by atoms with Crippen LogP contribution in [0.5, 0.6) is 11.5 Å². The third-order valence-electron chi connectivity index (χ3n) is 3.14. The molecule has 6 heteroatoms. The van der Waals surface area contributed by atoms with Gasteiger partial charge in [-0.1, -0.05) is 23.2 Å². The normalized spacial score (nSPS) is 11.4. The van der Waals surface area contributed by atoms with Gasteiger partial charge in [-0.2, -0.15) is 0 Å². The molecule has 0 aliphatic carbocycles. The number of hydrogen-bond acceptors (Lipinski definition) is 4. The first-order chi connectivity index (χ1) is 11.1. The van der Waals surface area contributed by atoms with Gasteiger partial charge < -0.3 is 14.3 Å². The van der Waals surface area contributed by atoms with Gasteiger partial charge in [0.2, 0.25) is 5.89 Å². The van der Waals surface area contributed by atoms with Crippen LogP contribution in [0, 0.1) is 0 Å². The number of fused-ring (bicyclic) bond motifs is 1. The number of aromatic nitrogens is 1. The van der Waals surface area contributed by atoms with Gasteiger partial charge in [0.05, 0.1) is 11.6 Å². The highest BCUT2D eigenvalue weighted by atomic mass is 35.5. The molecule has 1 N–H and O–H groups in total. The van der Waals surface area contributed by atoms with Crippen molar-refractivity contribution in [1.82, 2.24) is 4.98 Å². The van der Waals surface area contributed by atoms with Crippen LogP contribution >= 0.6 is 23.2 Å². The minimum Gasteiger partial charge on any atom is -0.503 e. The third-order valence-corrected chi connectivity index (χ3v) is 3.66. The second-order valence-corrected chi connectivity index (χ2v) is 5.62. The van der Waals surface area contributed by atoms with Gasteiger partial charge >= 0.3 is 0 Å². The minimum atomic E-state index is -0.0674. The number of phenols is 1. The largest absolute Gasteiger partial charge is 0.503 e. The van der Waals surface area contributed by atoms with Gasteiger partial charge in [-0.25, -0.2) is 4.98 Å². The lowest BCUT2D eigenvalue weighted by Gasteiger charge is -2.08. The first kappa shape index (κ1) is 15.7. The Labute approximate surface area is 142 Å². The van der Waals surface area contributed by atoms with Crippen molar-refractivity contribution in [2.75, 3.05) is 6.61 Å². The van der Waals surface area contributed by atoms with Crippen molar-refractivity contribution in [3.63, 3.8) is 0 Å². The van der Waals surface area contributed by atoms with Gasteiger partial charge in [0.1, 0.15) is 5.52 Å². The Hall–Kier alpha value is -2.17. The molecule has 2 aromatic carbocycles. The van der Waals surface area contributed by atoms with Crippen LogP contribution in [0.25, 0.3) is 23.3 Å². The van der Waals surface area contributed by atoms with Crippen LogP contribution in [-0.2, 0) is 0 Å². The monoisotopic (exact) mass is 349 g/mol. The highest BCUT2D eigenvalue weighted by molar-refractivity contribution is 6.32. The fourth-order valence-electron chi connectivity index (χ4n) is 2.11.